The summed E-state index contributed by atoms with van der Waals surface area (Å²) in [7, 11) is 3.16. The molecule has 4 rings (SSSR count). The Hall–Kier alpha value is -3.56. The summed E-state index contributed by atoms with van der Waals surface area (Å²) in [6.45, 7) is 0. The molecule has 0 amide bonds. The van der Waals surface area contributed by atoms with Crippen molar-refractivity contribution in [3.63, 3.8) is 0 Å². The lowest BCUT2D eigenvalue weighted by Gasteiger charge is -2.14. The highest BCUT2D eigenvalue weighted by atomic mass is 35.5. The summed E-state index contributed by atoms with van der Waals surface area (Å²) in [6, 6.07) is 14.0. The number of fused-ring (bicyclic) bond motifs is 2. The van der Waals surface area contributed by atoms with E-state index in [1.54, 1.807) is 20.3 Å². The maximum atomic E-state index is 13.5. The summed E-state index contributed by atoms with van der Waals surface area (Å²) in [5.74, 6) is 0.709. The molecule has 0 aliphatic heterocycles. The Bertz CT molecular complexity index is 1300. The number of hydrogen-bond acceptors (Lipinski definition) is 5. The summed E-state index contributed by atoms with van der Waals surface area (Å²) in [5, 5.41) is 15.3. The van der Waals surface area contributed by atoms with E-state index in [0.29, 0.717) is 34.0 Å². The topological polar surface area (TPSA) is 67.2 Å². The molecule has 0 atom stereocenters. The number of benzene rings is 3. The third-order valence-electron chi connectivity index (χ3n) is 4.64. The second kappa shape index (κ2) is 7.46. The van der Waals surface area contributed by atoms with Gasteiger partial charge in [-0.25, -0.2) is 4.39 Å². The highest BCUT2D eigenvalue weighted by Gasteiger charge is 2.13. The van der Waals surface area contributed by atoms with Crippen LogP contribution in [0.4, 0.5) is 15.8 Å². The van der Waals surface area contributed by atoms with Crippen LogP contribution in [0.1, 0.15) is 5.56 Å². The van der Waals surface area contributed by atoms with Crippen molar-refractivity contribution in [2.45, 2.75) is 0 Å². The number of hydrogen-bond donors (Lipinski definition) is 1. The first-order chi connectivity index (χ1) is 14.0. The van der Waals surface area contributed by atoms with Crippen molar-refractivity contribution in [2.24, 2.45) is 0 Å². The van der Waals surface area contributed by atoms with Crippen LogP contribution in [0.2, 0.25) is 5.02 Å². The van der Waals surface area contributed by atoms with E-state index in [4.69, 9.17) is 21.1 Å². The Labute approximate surface area is 171 Å². The molecule has 0 saturated carbocycles. The smallest absolute Gasteiger partial charge is 0.161 e. The van der Waals surface area contributed by atoms with Gasteiger partial charge >= 0.3 is 0 Å². The first kappa shape index (κ1) is 18.8. The van der Waals surface area contributed by atoms with E-state index in [9.17, 15) is 9.65 Å². The molecule has 0 radical (unpaired) electrons. The molecule has 3 aromatic carbocycles. The Morgan fingerprint density at radius 2 is 1.72 bits per heavy atom. The fourth-order valence-electron chi connectivity index (χ4n) is 3.20. The molecule has 7 heteroatoms. The molecule has 0 spiro atoms. The SMILES string of the molecule is COc1cc2cc3ncc(C#N)c(Nc4ccc(F)c(Cl)c4)c3cc2cc1OC. The van der Waals surface area contributed by atoms with E-state index in [1.165, 1.54) is 18.3 Å². The lowest BCUT2D eigenvalue weighted by atomic mass is 10.0. The van der Waals surface area contributed by atoms with Crippen LogP contribution in [0.25, 0.3) is 21.7 Å². The number of rotatable bonds is 4. The van der Waals surface area contributed by atoms with Crippen molar-refractivity contribution < 1.29 is 13.9 Å². The number of halogens is 2. The summed E-state index contributed by atoms with van der Waals surface area (Å²) >= 11 is 5.89. The quantitative estimate of drug-likeness (QED) is 0.432. The molecule has 144 valence electrons. The number of nitrogens with one attached hydrogen (secondary N) is 1. The summed E-state index contributed by atoms with van der Waals surface area (Å²) in [4.78, 5) is 4.41. The molecule has 0 bridgehead atoms. The van der Waals surface area contributed by atoms with Gasteiger partial charge in [-0.05, 0) is 53.2 Å². The van der Waals surface area contributed by atoms with Gasteiger partial charge in [0.1, 0.15) is 11.9 Å². The van der Waals surface area contributed by atoms with Gasteiger partial charge in [0.15, 0.2) is 11.5 Å². The standard InChI is InChI=1S/C22H15ClFN3O2/c1-28-20-7-12-5-16-19(6-13(12)8-21(20)29-2)26-11-14(10-25)22(16)27-15-3-4-18(24)17(23)9-15/h3-9,11H,1-2H3,(H,26,27). The minimum absolute atomic E-state index is 0.00542. The normalized spacial score (nSPS) is 10.7. The van der Waals surface area contributed by atoms with E-state index >= 15 is 0 Å². The van der Waals surface area contributed by atoms with Crippen LogP contribution in [0.3, 0.4) is 0 Å². The average Bonchev–Trinajstić information content (AvgIpc) is 2.74. The van der Waals surface area contributed by atoms with Gasteiger partial charge in [0.05, 0.1) is 36.0 Å². The first-order valence-corrected chi connectivity index (χ1v) is 9.02. The number of nitriles is 1. The molecule has 0 fully saturated rings. The number of ether oxygens (including phenoxy) is 2. The summed E-state index contributed by atoms with van der Waals surface area (Å²) in [5.41, 5.74) is 2.18. The van der Waals surface area contributed by atoms with Gasteiger partial charge in [-0.3, -0.25) is 4.98 Å². The van der Waals surface area contributed by atoms with Crippen LogP contribution in [0.5, 0.6) is 11.5 Å². The van der Waals surface area contributed by atoms with Crippen molar-refractivity contribution in [1.29, 1.82) is 5.26 Å². The van der Waals surface area contributed by atoms with Gasteiger partial charge in [0.25, 0.3) is 0 Å². The Morgan fingerprint density at radius 1 is 1.03 bits per heavy atom. The molecule has 1 heterocycles. The summed E-state index contributed by atoms with van der Waals surface area (Å²) in [6.07, 6.45) is 1.50. The zero-order valence-electron chi connectivity index (χ0n) is 15.6. The lowest BCUT2D eigenvalue weighted by molar-refractivity contribution is 0.356. The molecule has 4 aromatic rings. The van der Waals surface area contributed by atoms with Crippen molar-refractivity contribution in [2.75, 3.05) is 19.5 Å². The zero-order valence-corrected chi connectivity index (χ0v) is 16.3. The molecular formula is C22H15ClFN3O2. The molecule has 5 nitrogen and oxygen atoms in total. The van der Waals surface area contributed by atoms with Gasteiger partial charge < -0.3 is 14.8 Å². The average molecular weight is 408 g/mol. The second-order valence-corrected chi connectivity index (χ2v) is 6.74. The fourth-order valence-corrected chi connectivity index (χ4v) is 3.38. The minimum Gasteiger partial charge on any atom is -0.493 e. The maximum absolute atomic E-state index is 13.5. The summed E-state index contributed by atoms with van der Waals surface area (Å²) < 4.78 is 24.3. The predicted octanol–water partition coefficient (Wildman–Crippen LogP) is 5.81. The van der Waals surface area contributed by atoms with E-state index in [0.717, 1.165) is 16.2 Å². The molecule has 29 heavy (non-hydrogen) atoms. The van der Waals surface area contributed by atoms with Crippen molar-refractivity contribution >= 4 is 44.7 Å². The Kier molecular flexibility index (Phi) is 4.83. The zero-order chi connectivity index (χ0) is 20.5. The molecule has 1 N–H and O–H groups in total. The van der Waals surface area contributed by atoms with Crippen LogP contribution in [-0.2, 0) is 0 Å². The highest BCUT2D eigenvalue weighted by Crippen LogP contribution is 2.37. The molecule has 0 aliphatic rings. The van der Waals surface area contributed by atoms with Gasteiger partial charge in [-0.2, -0.15) is 5.26 Å². The van der Waals surface area contributed by atoms with Crippen LogP contribution in [0, 0.1) is 17.1 Å². The number of anilines is 2. The van der Waals surface area contributed by atoms with Crippen molar-refractivity contribution in [3.05, 3.63) is 65.1 Å². The molecular weight excluding hydrogens is 393 g/mol. The Balaban J connectivity index is 1.94. The predicted molar refractivity (Wildman–Crippen MR) is 112 cm³/mol. The molecule has 0 aliphatic carbocycles. The van der Waals surface area contributed by atoms with Crippen molar-refractivity contribution in [3.8, 4) is 17.6 Å². The fraction of sp³-hybridized carbons (Fsp3) is 0.0909. The lowest BCUT2D eigenvalue weighted by Crippen LogP contribution is -1.98. The Morgan fingerprint density at radius 3 is 2.34 bits per heavy atom. The van der Waals surface area contributed by atoms with Crippen molar-refractivity contribution in [1.82, 2.24) is 4.98 Å². The van der Waals surface area contributed by atoms with E-state index in [2.05, 4.69) is 16.4 Å². The van der Waals surface area contributed by atoms with Crippen LogP contribution in [-0.4, -0.2) is 19.2 Å². The van der Waals surface area contributed by atoms with Crippen LogP contribution >= 0.6 is 11.6 Å². The highest BCUT2D eigenvalue weighted by molar-refractivity contribution is 6.31. The van der Waals surface area contributed by atoms with Gasteiger partial charge in [0.2, 0.25) is 0 Å². The third kappa shape index (κ3) is 3.37. The van der Waals surface area contributed by atoms with Crippen LogP contribution < -0.4 is 14.8 Å². The third-order valence-corrected chi connectivity index (χ3v) is 4.93. The molecule has 0 saturated heterocycles. The van der Waals surface area contributed by atoms with Crippen LogP contribution in [0.15, 0.2) is 48.7 Å². The van der Waals surface area contributed by atoms with E-state index < -0.39 is 5.82 Å². The number of methoxy groups -OCH3 is 2. The molecule has 0 unspecified atom stereocenters. The van der Waals surface area contributed by atoms with E-state index in [-0.39, 0.29) is 5.02 Å². The number of pyridine rings is 1. The second-order valence-electron chi connectivity index (χ2n) is 6.34. The minimum atomic E-state index is -0.510. The van der Waals surface area contributed by atoms with E-state index in [1.807, 2.05) is 24.3 Å². The maximum Gasteiger partial charge on any atom is 0.161 e. The van der Waals surface area contributed by atoms with Gasteiger partial charge in [-0.1, -0.05) is 11.6 Å². The first-order valence-electron chi connectivity index (χ1n) is 8.64. The van der Waals surface area contributed by atoms with Gasteiger partial charge in [-0.15, -0.1) is 0 Å². The number of aromatic nitrogens is 1. The molecule has 1 aromatic heterocycles. The largest absolute Gasteiger partial charge is 0.493 e. The number of nitrogens with zero attached hydrogens (tertiary/aromatic N) is 2. The monoisotopic (exact) mass is 407 g/mol. The van der Waals surface area contributed by atoms with Gasteiger partial charge in [0, 0.05) is 17.3 Å².